The standard InChI is InChI=1S/C22H19N3O4S2/c1-28-20-10-9-17(13-21(20)29-2)31(26,27)25-16-7-5-6-15(12-16)19-14-30-22(24-19)18-8-3-4-11-23-18/h3-14,25H,1-2H3. The molecule has 0 saturated carbocycles. The number of nitrogens with one attached hydrogen (secondary N) is 1. The second-order valence-electron chi connectivity index (χ2n) is 6.46. The quantitative estimate of drug-likeness (QED) is 0.437. The zero-order valence-corrected chi connectivity index (χ0v) is 18.4. The topological polar surface area (TPSA) is 90.4 Å². The summed E-state index contributed by atoms with van der Waals surface area (Å²) in [5.74, 6) is 0.791. The Balaban J connectivity index is 1.60. The van der Waals surface area contributed by atoms with Crippen molar-refractivity contribution in [3.63, 3.8) is 0 Å². The number of methoxy groups -OCH3 is 2. The highest BCUT2D eigenvalue weighted by Crippen LogP contribution is 2.32. The molecule has 31 heavy (non-hydrogen) atoms. The van der Waals surface area contributed by atoms with E-state index in [1.165, 1.54) is 37.7 Å². The van der Waals surface area contributed by atoms with Crippen LogP contribution in [0, 0.1) is 0 Å². The lowest BCUT2D eigenvalue weighted by Gasteiger charge is -2.12. The minimum absolute atomic E-state index is 0.0710. The summed E-state index contributed by atoms with van der Waals surface area (Å²) in [5, 5.41) is 2.72. The third-order valence-electron chi connectivity index (χ3n) is 4.46. The molecule has 1 N–H and O–H groups in total. The molecule has 0 atom stereocenters. The molecule has 2 heterocycles. The van der Waals surface area contributed by atoms with Gasteiger partial charge in [0.1, 0.15) is 5.01 Å². The number of benzene rings is 2. The maximum atomic E-state index is 12.9. The summed E-state index contributed by atoms with van der Waals surface area (Å²) in [6.45, 7) is 0. The Morgan fingerprint density at radius 3 is 2.48 bits per heavy atom. The second kappa shape index (κ2) is 8.75. The van der Waals surface area contributed by atoms with Crippen molar-refractivity contribution < 1.29 is 17.9 Å². The molecule has 4 rings (SSSR count). The predicted molar refractivity (Wildman–Crippen MR) is 121 cm³/mol. The Labute approximate surface area is 184 Å². The highest BCUT2D eigenvalue weighted by Gasteiger charge is 2.18. The van der Waals surface area contributed by atoms with Gasteiger partial charge in [-0.3, -0.25) is 9.71 Å². The lowest BCUT2D eigenvalue weighted by molar-refractivity contribution is 0.354. The lowest BCUT2D eigenvalue weighted by Crippen LogP contribution is -2.13. The minimum Gasteiger partial charge on any atom is -0.493 e. The fourth-order valence-corrected chi connectivity index (χ4v) is 4.82. The number of sulfonamides is 1. The molecular weight excluding hydrogens is 434 g/mol. The predicted octanol–water partition coefficient (Wildman–Crippen LogP) is 4.69. The Kier molecular flexibility index (Phi) is 5.88. The molecule has 0 fully saturated rings. The Hall–Kier alpha value is -3.43. The summed E-state index contributed by atoms with van der Waals surface area (Å²) < 4.78 is 38.7. The van der Waals surface area contributed by atoms with E-state index in [9.17, 15) is 8.42 Å². The first-order valence-corrected chi connectivity index (χ1v) is 11.6. The summed E-state index contributed by atoms with van der Waals surface area (Å²) in [6, 6.07) is 17.2. The molecular formula is C22H19N3O4S2. The average Bonchev–Trinajstić information content (AvgIpc) is 3.29. The number of rotatable bonds is 7. The van der Waals surface area contributed by atoms with Gasteiger partial charge in [0.05, 0.1) is 30.5 Å². The van der Waals surface area contributed by atoms with Crippen molar-refractivity contribution in [1.29, 1.82) is 0 Å². The number of anilines is 1. The van der Waals surface area contributed by atoms with E-state index in [2.05, 4.69) is 14.7 Å². The van der Waals surface area contributed by atoms with Crippen LogP contribution in [0.15, 0.2) is 77.1 Å². The van der Waals surface area contributed by atoms with Crippen LogP contribution in [0.4, 0.5) is 5.69 Å². The van der Waals surface area contributed by atoms with Gasteiger partial charge in [0.15, 0.2) is 11.5 Å². The average molecular weight is 454 g/mol. The van der Waals surface area contributed by atoms with Crippen molar-refractivity contribution in [3.8, 4) is 33.5 Å². The fraction of sp³-hybridized carbons (Fsp3) is 0.0909. The highest BCUT2D eigenvalue weighted by molar-refractivity contribution is 7.92. The van der Waals surface area contributed by atoms with Gasteiger partial charge in [0.2, 0.25) is 0 Å². The summed E-state index contributed by atoms with van der Waals surface area (Å²) in [4.78, 5) is 9.03. The molecule has 0 spiro atoms. The molecule has 7 nitrogen and oxygen atoms in total. The van der Waals surface area contributed by atoms with E-state index in [-0.39, 0.29) is 4.90 Å². The van der Waals surface area contributed by atoms with E-state index in [0.29, 0.717) is 17.2 Å². The van der Waals surface area contributed by atoms with Gasteiger partial charge in [-0.2, -0.15) is 0 Å². The van der Waals surface area contributed by atoms with Crippen LogP contribution in [0.3, 0.4) is 0 Å². The molecule has 2 aromatic heterocycles. The molecule has 0 radical (unpaired) electrons. The van der Waals surface area contributed by atoms with Gasteiger partial charge in [0.25, 0.3) is 10.0 Å². The van der Waals surface area contributed by atoms with Crippen molar-refractivity contribution in [2.24, 2.45) is 0 Å². The van der Waals surface area contributed by atoms with Crippen molar-refractivity contribution in [1.82, 2.24) is 9.97 Å². The lowest BCUT2D eigenvalue weighted by atomic mass is 10.1. The molecule has 0 aliphatic heterocycles. The maximum absolute atomic E-state index is 12.9. The first-order valence-electron chi connectivity index (χ1n) is 9.22. The van der Waals surface area contributed by atoms with Gasteiger partial charge in [-0.05, 0) is 36.4 Å². The number of hydrogen-bond donors (Lipinski definition) is 1. The van der Waals surface area contributed by atoms with Crippen LogP contribution >= 0.6 is 11.3 Å². The number of nitrogens with zero attached hydrogens (tertiary/aromatic N) is 2. The molecule has 158 valence electrons. The van der Waals surface area contributed by atoms with E-state index in [1.54, 1.807) is 30.5 Å². The zero-order valence-electron chi connectivity index (χ0n) is 16.8. The van der Waals surface area contributed by atoms with Crippen LogP contribution in [-0.2, 0) is 10.0 Å². The smallest absolute Gasteiger partial charge is 0.262 e. The van der Waals surface area contributed by atoms with E-state index >= 15 is 0 Å². The fourth-order valence-electron chi connectivity index (χ4n) is 2.95. The second-order valence-corrected chi connectivity index (χ2v) is 9.00. The molecule has 2 aromatic carbocycles. The van der Waals surface area contributed by atoms with Gasteiger partial charge in [-0.15, -0.1) is 11.3 Å². The van der Waals surface area contributed by atoms with Crippen LogP contribution in [0.2, 0.25) is 0 Å². The normalized spacial score (nSPS) is 11.2. The Bertz CT molecular complexity index is 1310. The summed E-state index contributed by atoms with van der Waals surface area (Å²) in [6.07, 6.45) is 1.72. The molecule has 0 aliphatic carbocycles. The molecule has 0 amide bonds. The molecule has 9 heteroatoms. The van der Waals surface area contributed by atoms with Crippen molar-refractivity contribution >= 4 is 27.0 Å². The first-order chi connectivity index (χ1) is 15.0. The van der Waals surface area contributed by atoms with Crippen LogP contribution in [-0.4, -0.2) is 32.6 Å². The van der Waals surface area contributed by atoms with Gasteiger partial charge in [-0.1, -0.05) is 18.2 Å². The molecule has 4 aromatic rings. The Morgan fingerprint density at radius 1 is 0.903 bits per heavy atom. The number of ether oxygens (including phenoxy) is 2. The summed E-state index contributed by atoms with van der Waals surface area (Å²) >= 11 is 1.48. The van der Waals surface area contributed by atoms with E-state index in [4.69, 9.17) is 9.47 Å². The van der Waals surface area contributed by atoms with Crippen LogP contribution in [0.5, 0.6) is 11.5 Å². The zero-order chi connectivity index (χ0) is 21.8. The third-order valence-corrected chi connectivity index (χ3v) is 6.71. The van der Waals surface area contributed by atoms with Gasteiger partial charge in [0, 0.05) is 28.9 Å². The van der Waals surface area contributed by atoms with Crippen LogP contribution < -0.4 is 14.2 Å². The SMILES string of the molecule is COc1ccc(S(=O)(=O)Nc2cccc(-c3csc(-c4ccccn4)n3)c2)cc1OC. The molecule has 0 aliphatic rings. The summed E-state index contributed by atoms with van der Waals surface area (Å²) in [7, 11) is -0.871. The van der Waals surface area contributed by atoms with Crippen molar-refractivity contribution in [2.45, 2.75) is 4.90 Å². The monoisotopic (exact) mass is 453 g/mol. The van der Waals surface area contributed by atoms with E-state index in [0.717, 1.165) is 22.0 Å². The molecule has 0 saturated heterocycles. The number of pyridine rings is 1. The first kappa shape index (κ1) is 20.8. The minimum atomic E-state index is -3.82. The largest absolute Gasteiger partial charge is 0.493 e. The number of hydrogen-bond acceptors (Lipinski definition) is 7. The van der Waals surface area contributed by atoms with Gasteiger partial charge >= 0.3 is 0 Å². The Morgan fingerprint density at radius 2 is 1.74 bits per heavy atom. The summed E-state index contributed by atoms with van der Waals surface area (Å²) in [5.41, 5.74) is 2.77. The van der Waals surface area contributed by atoms with Gasteiger partial charge in [-0.25, -0.2) is 13.4 Å². The highest BCUT2D eigenvalue weighted by atomic mass is 32.2. The van der Waals surface area contributed by atoms with E-state index in [1.807, 2.05) is 29.6 Å². The van der Waals surface area contributed by atoms with Crippen molar-refractivity contribution in [3.05, 3.63) is 72.2 Å². The van der Waals surface area contributed by atoms with Crippen LogP contribution in [0.25, 0.3) is 22.0 Å². The van der Waals surface area contributed by atoms with E-state index < -0.39 is 10.0 Å². The maximum Gasteiger partial charge on any atom is 0.262 e. The van der Waals surface area contributed by atoms with Crippen LogP contribution in [0.1, 0.15) is 0 Å². The molecule has 0 unspecified atom stereocenters. The third kappa shape index (κ3) is 4.52. The van der Waals surface area contributed by atoms with Gasteiger partial charge < -0.3 is 9.47 Å². The number of thiazole rings is 1. The number of aromatic nitrogens is 2. The molecule has 0 bridgehead atoms. The van der Waals surface area contributed by atoms with Crippen molar-refractivity contribution in [2.75, 3.05) is 18.9 Å².